The number of alkyl halides is 3. The summed E-state index contributed by atoms with van der Waals surface area (Å²) in [6, 6.07) is 7.11. The van der Waals surface area contributed by atoms with Crippen LogP contribution in [0.4, 0.5) is 13.2 Å². The summed E-state index contributed by atoms with van der Waals surface area (Å²) in [7, 11) is 0. The van der Waals surface area contributed by atoms with Gasteiger partial charge in [-0.05, 0) is 24.3 Å². The minimum Gasteiger partial charge on any atom is -0.456 e. The minimum atomic E-state index is -4.48. The summed E-state index contributed by atoms with van der Waals surface area (Å²) in [5.41, 5.74) is 4.38. The van der Waals surface area contributed by atoms with Crippen LogP contribution in [0.1, 0.15) is 27.4 Å². The SMILES string of the molecule is NCc1ccc(C(=O)c2cccc(C(F)(F)F)c2)o1. The lowest BCUT2D eigenvalue weighted by molar-refractivity contribution is -0.137. The minimum absolute atomic E-state index is 0.0280. The van der Waals surface area contributed by atoms with Crippen LogP contribution in [-0.2, 0) is 12.7 Å². The van der Waals surface area contributed by atoms with Gasteiger partial charge in [0.2, 0.25) is 5.78 Å². The Bertz CT molecular complexity index is 602. The van der Waals surface area contributed by atoms with Gasteiger partial charge in [0.05, 0.1) is 12.1 Å². The molecule has 0 bridgehead atoms. The number of halogens is 3. The molecule has 0 radical (unpaired) electrons. The van der Waals surface area contributed by atoms with Gasteiger partial charge in [0.1, 0.15) is 5.76 Å². The van der Waals surface area contributed by atoms with E-state index in [9.17, 15) is 18.0 Å². The lowest BCUT2D eigenvalue weighted by Gasteiger charge is -2.07. The van der Waals surface area contributed by atoms with Gasteiger partial charge in [0, 0.05) is 5.56 Å². The second-order valence-corrected chi connectivity index (χ2v) is 3.88. The Kier molecular flexibility index (Phi) is 3.44. The third kappa shape index (κ3) is 2.85. The first-order valence-electron chi connectivity index (χ1n) is 5.42. The number of benzene rings is 1. The number of hydrogen-bond acceptors (Lipinski definition) is 3. The Morgan fingerprint density at radius 2 is 1.95 bits per heavy atom. The molecule has 0 aliphatic heterocycles. The molecule has 0 fully saturated rings. The van der Waals surface area contributed by atoms with Crippen LogP contribution in [0.25, 0.3) is 0 Å². The van der Waals surface area contributed by atoms with E-state index in [2.05, 4.69) is 0 Å². The summed E-state index contributed by atoms with van der Waals surface area (Å²) in [5, 5.41) is 0. The zero-order chi connectivity index (χ0) is 14.0. The van der Waals surface area contributed by atoms with E-state index in [1.165, 1.54) is 24.3 Å². The van der Waals surface area contributed by atoms with E-state index in [1.807, 2.05) is 0 Å². The Morgan fingerprint density at radius 3 is 2.53 bits per heavy atom. The Labute approximate surface area is 106 Å². The average Bonchev–Trinajstić information content (AvgIpc) is 2.86. The topological polar surface area (TPSA) is 56.2 Å². The number of rotatable bonds is 3. The molecular formula is C13H10F3NO2. The lowest BCUT2D eigenvalue weighted by Crippen LogP contribution is -2.07. The molecule has 2 aromatic rings. The third-order valence-corrected chi connectivity index (χ3v) is 2.54. The highest BCUT2D eigenvalue weighted by atomic mass is 19.4. The first kappa shape index (κ1) is 13.4. The van der Waals surface area contributed by atoms with E-state index >= 15 is 0 Å². The van der Waals surface area contributed by atoms with Crippen molar-refractivity contribution in [1.29, 1.82) is 0 Å². The van der Waals surface area contributed by atoms with Crippen molar-refractivity contribution in [2.45, 2.75) is 12.7 Å². The van der Waals surface area contributed by atoms with Crippen molar-refractivity contribution in [2.24, 2.45) is 5.73 Å². The number of ketones is 1. The molecular weight excluding hydrogens is 259 g/mol. The van der Waals surface area contributed by atoms with Crippen LogP contribution in [-0.4, -0.2) is 5.78 Å². The number of nitrogens with two attached hydrogens (primary N) is 1. The van der Waals surface area contributed by atoms with E-state index in [0.29, 0.717) is 5.76 Å². The summed E-state index contributed by atoms with van der Waals surface area (Å²) in [5.74, 6) is -0.235. The largest absolute Gasteiger partial charge is 0.456 e. The highest BCUT2D eigenvalue weighted by molar-refractivity contribution is 6.07. The van der Waals surface area contributed by atoms with Gasteiger partial charge >= 0.3 is 6.18 Å². The number of hydrogen-bond donors (Lipinski definition) is 1. The summed E-state index contributed by atoms with van der Waals surface area (Å²) in [4.78, 5) is 12.0. The number of furan rings is 1. The van der Waals surface area contributed by atoms with Crippen molar-refractivity contribution in [3.8, 4) is 0 Å². The predicted molar refractivity (Wildman–Crippen MR) is 61.5 cm³/mol. The summed E-state index contributed by atoms with van der Waals surface area (Å²) in [6.07, 6.45) is -4.48. The Balaban J connectivity index is 2.34. The number of carbonyl (C=O) groups excluding carboxylic acids is 1. The van der Waals surface area contributed by atoms with Gasteiger partial charge in [-0.25, -0.2) is 0 Å². The normalized spacial score (nSPS) is 11.6. The molecule has 0 aliphatic carbocycles. The van der Waals surface area contributed by atoms with Crippen LogP contribution in [0.15, 0.2) is 40.8 Å². The maximum Gasteiger partial charge on any atom is 0.416 e. The molecule has 1 aromatic carbocycles. The maximum atomic E-state index is 12.5. The summed E-state index contributed by atoms with van der Waals surface area (Å²) < 4.78 is 42.7. The molecule has 0 saturated carbocycles. The van der Waals surface area contributed by atoms with Gasteiger partial charge in [0.25, 0.3) is 0 Å². The molecule has 0 saturated heterocycles. The van der Waals surface area contributed by atoms with E-state index in [4.69, 9.17) is 10.2 Å². The van der Waals surface area contributed by atoms with Crippen molar-refractivity contribution in [3.05, 3.63) is 59.0 Å². The molecule has 1 aromatic heterocycles. The fourth-order valence-electron chi connectivity index (χ4n) is 1.59. The van der Waals surface area contributed by atoms with Gasteiger partial charge < -0.3 is 10.2 Å². The molecule has 0 spiro atoms. The van der Waals surface area contributed by atoms with Gasteiger partial charge in [-0.3, -0.25) is 4.79 Å². The van der Waals surface area contributed by atoms with Crippen molar-refractivity contribution in [1.82, 2.24) is 0 Å². The Morgan fingerprint density at radius 1 is 1.21 bits per heavy atom. The Hall–Kier alpha value is -2.08. The fourth-order valence-corrected chi connectivity index (χ4v) is 1.59. The molecule has 0 aliphatic rings. The summed E-state index contributed by atoms with van der Waals surface area (Å²) >= 11 is 0. The molecule has 0 amide bonds. The van der Waals surface area contributed by atoms with Crippen LogP contribution >= 0.6 is 0 Å². The molecule has 19 heavy (non-hydrogen) atoms. The van der Waals surface area contributed by atoms with Crippen molar-refractivity contribution >= 4 is 5.78 Å². The van der Waals surface area contributed by atoms with Crippen LogP contribution in [0.2, 0.25) is 0 Å². The van der Waals surface area contributed by atoms with Gasteiger partial charge in [-0.2, -0.15) is 13.2 Å². The van der Waals surface area contributed by atoms with Crippen molar-refractivity contribution in [3.63, 3.8) is 0 Å². The van der Waals surface area contributed by atoms with Gasteiger partial charge in [-0.15, -0.1) is 0 Å². The zero-order valence-electron chi connectivity index (χ0n) is 9.70. The van der Waals surface area contributed by atoms with Gasteiger partial charge in [0.15, 0.2) is 5.76 Å². The van der Waals surface area contributed by atoms with Crippen LogP contribution in [0.3, 0.4) is 0 Å². The van der Waals surface area contributed by atoms with E-state index in [0.717, 1.165) is 12.1 Å². The van der Waals surface area contributed by atoms with E-state index < -0.39 is 17.5 Å². The maximum absolute atomic E-state index is 12.5. The molecule has 6 heteroatoms. The van der Waals surface area contributed by atoms with Crippen molar-refractivity contribution in [2.75, 3.05) is 0 Å². The molecule has 2 N–H and O–H groups in total. The van der Waals surface area contributed by atoms with E-state index in [-0.39, 0.29) is 17.9 Å². The smallest absolute Gasteiger partial charge is 0.416 e. The van der Waals surface area contributed by atoms with Crippen LogP contribution in [0, 0.1) is 0 Å². The predicted octanol–water partition coefficient (Wildman–Crippen LogP) is 2.99. The standard InChI is InChI=1S/C13H10F3NO2/c14-13(15,16)9-3-1-2-8(6-9)12(18)11-5-4-10(7-17)19-11/h1-6H,7,17H2. The van der Waals surface area contributed by atoms with Crippen LogP contribution < -0.4 is 5.73 Å². The first-order valence-corrected chi connectivity index (χ1v) is 5.42. The first-order chi connectivity index (χ1) is 8.91. The lowest BCUT2D eigenvalue weighted by atomic mass is 10.1. The van der Waals surface area contributed by atoms with E-state index in [1.54, 1.807) is 0 Å². The quantitative estimate of drug-likeness (QED) is 0.871. The monoisotopic (exact) mass is 269 g/mol. The van der Waals surface area contributed by atoms with Crippen molar-refractivity contribution < 1.29 is 22.4 Å². The van der Waals surface area contributed by atoms with Crippen LogP contribution in [0.5, 0.6) is 0 Å². The second-order valence-electron chi connectivity index (χ2n) is 3.88. The van der Waals surface area contributed by atoms with Gasteiger partial charge in [-0.1, -0.05) is 12.1 Å². The highest BCUT2D eigenvalue weighted by Gasteiger charge is 2.31. The molecule has 100 valence electrons. The molecule has 1 heterocycles. The highest BCUT2D eigenvalue weighted by Crippen LogP contribution is 2.30. The second kappa shape index (κ2) is 4.89. The fraction of sp³-hybridized carbons (Fsp3) is 0.154. The summed E-state index contributed by atoms with van der Waals surface area (Å²) in [6.45, 7) is 0.121. The molecule has 0 atom stereocenters. The third-order valence-electron chi connectivity index (χ3n) is 2.54. The average molecular weight is 269 g/mol. The molecule has 0 unspecified atom stereocenters. The molecule has 2 rings (SSSR count). The molecule has 3 nitrogen and oxygen atoms in total. The zero-order valence-corrected chi connectivity index (χ0v) is 9.70. The number of carbonyl (C=O) groups is 1.